The third-order valence-corrected chi connectivity index (χ3v) is 3.58. The molecule has 2 rings (SSSR count). The van der Waals surface area contributed by atoms with Crippen molar-refractivity contribution in [1.29, 1.82) is 0 Å². The Bertz CT molecular complexity index is 566. The van der Waals surface area contributed by atoms with Crippen LogP contribution >= 0.6 is 11.6 Å². The average molecular weight is 334 g/mol. The summed E-state index contributed by atoms with van der Waals surface area (Å²) in [5.41, 5.74) is -0.667. The summed E-state index contributed by atoms with van der Waals surface area (Å²) in [5.74, 6) is -0.376. The Morgan fingerprint density at radius 3 is 2.86 bits per heavy atom. The second kappa shape index (κ2) is 7.15. The van der Waals surface area contributed by atoms with Gasteiger partial charge < -0.3 is 10.1 Å². The van der Waals surface area contributed by atoms with Crippen LogP contribution in [0, 0.1) is 0 Å². The van der Waals surface area contributed by atoms with Crippen LogP contribution in [0.3, 0.4) is 0 Å². The molecule has 7 heteroatoms. The van der Waals surface area contributed by atoms with Gasteiger partial charge in [0.1, 0.15) is 0 Å². The smallest absolute Gasteiger partial charge is 0.376 e. The van der Waals surface area contributed by atoms with Crippen molar-refractivity contribution in [2.75, 3.05) is 13.2 Å². The lowest BCUT2D eigenvalue weighted by Crippen LogP contribution is -2.30. The van der Waals surface area contributed by atoms with Crippen molar-refractivity contribution in [2.45, 2.75) is 25.1 Å². The van der Waals surface area contributed by atoms with E-state index >= 15 is 0 Å². The van der Waals surface area contributed by atoms with E-state index in [0.717, 1.165) is 25.0 Å². The Morgan fingerprint density at radius 2 is 2.23 bits per heavy atom. The zero-order chi connectivity index (χ0) is 16.2. The largest absolute Gasteiger partial charge is 0.417 e. The first kappa shape index (κ1) is 16.8. The first-order valence-electron chi connectivity index (χ1n) is 6.80. The molecule has 1 saturated heterocycles. The summed E-state index contributed by atoms with van der Waals surface area (Å²) in [6.45, 7) is 1.10. The second-order valence-corrected chi connectivity index (χ2v) is 5.36. The van der Waals surface area contributed by atoms with Crippen LogP contribution in [0.15, 0.2) is 24.3 Å². The number of hydrogen-bond acceptors (Lipinski definition) is 2. The number of hydrogen-bond donors (Lipinski definition) is 1. The van der Waals surface area contributed by atoms with Crippen molar-refractivity contribution in [2.24, 2.45) is 0 Å². The first-order chi connectivity index (χ1) is 10.4. The molecule has 0 saturated carbocycles. The van der Waals surface area contributed by atoms with Gasteiger partial charge in [-0.3, -0.25) is 4.79 Å². The van der Waals surface area contributed by atoms with Gasteiger partial charge in [0.2, 0.25) is 5.91 Å². The van der Waals surface area contributed by atoms with Crippen LogP contribution in [-0.4, -0.2) is 25.2 Å². The minimum atomic E-state index is -4.52. The Balaban J connectivity index is 1.95. The maximum Gasteiger partial charge on any atom is 0.417 e. The SMILES string of the molecule is O=C(/C=C/c1ccc(Cl)c(C(F)(F)F)c1)NCC1CCCO1. The number of carbonyl (C=O) groups is 1. The summed E-state index contributed by atoms with van der Waals surface area (Å²) in [6, 6.07) is 3.49. The summed E-state index contributed by atoms with van der Waals surface area (Å²) in [6.07, 6.45) is -0.125. The highest BCUT2D eigenvalue weighted by Crippen LogP contribution is 2.35. The second-order valence-electron chi connectivity index (χ2n) is 4.95. The van der Waals surface area contributed by atoms with E-state index in [1.54, 1.807) is 0 Å². The van der Waals surface area contributed by atoms with Crippen LogP contribution in [0.2, 0.25) is 5.02 Å². The van der Waals surface area contributed by atoms with Crippen molar-refractivity contribution in [3.63, 3.8) is 0 Å². The lowest BCUT2D eigenvalue weighted by Gasteiger charge is -2.10. The molecule has 0 aliphatic carbocycles. The summed E-state index contributed by atoms with van der Waals surface area (Å²) < 4.78 is 43.5. The molecule has 1 aliphatic rings. The molecule has 0 bridgehead atoms. The molecule has 1 heterocycles. The van der Waals surface area contributed by atoms with E-state index in [9.17, 15) is 18.0 Å². The van der Waals surface area contributed by atoms with E-state index in [2.05, 4.69) is 5.32 Å². The number of carbonyl (C=O) groups excluding carboxylic acids is 1. The number of alkyl halides is 3. The molecule has 1 aliphatic heterocycles. The number of benzene rings is 1. The zero-order valence-corrected chi connectivity index (χ0v) is 12.4. The molecule has 1 unspecified atom stereocenters. The molecule has 1 aromatic rings. The maximum atomic E-state index is 12.7. The highest BCUT2D eigenvalue weighted by Gasteiger charge is 2.33. The Labute approximate surface area is 131 Å². The fraction of sp³-hybridized carbons (Fsp3) is 0.400. The van der Waals surface area contributed by atoms with Crippen LogP contribution in [0.5, 0.6) is 0 Å². The third-order valence-electron chi connectivity index (χ3n) is 3.25. The molecule has 0 radical (unpaired) electrons. The van der Waals surface area contributed by atoms with E-state index < -0.39 is 11.7 Å². The monoisotopic (exact) mass is 333 g/mol. The summed E-state index contributed by atoms with van der Waals surface area (Å²) >= 11 is 5.53. The number of halogens is 4. The molecule has 0 aromatic heterocycles. The third kappa shape index (κ3) is 4.74. The zero-order valence-electron chi connectivity index (χ0n) is 11.6. The molecule has 3 nitrogen and oxygen atoms in total. The average Bonchev–Trinajstić information content (AvgIpc) is 2.96. The minimum Gasteiger partial charge on any atom is -0.376 e. The maximum absolute atomic E-state index is 12.7. The van der Waals surface area contributed by atoms with Gasteiger partial charge in [-0.15, -0.1) is 0 Å². The molecule has 22 heavy (non-hydrogen) atoms. The van der Waals surface area contributed by atoms with Crippen molar-refractivity contribution in [3.8, 4) is 0 Å². The van der Waals surface area contributed by atoms with Gasteiger partial charge in [0, 0.05) is 19.2 Å². The number of amides is 1. The van der Waals surface area contributed by atoms with Crippen molar-refractivity contribution in [1.82, 2.24) is 5.32 Å². The molecule has 1 fully saturated rings. The Kier molecular flexibility index (Phi) is 5.47. The molecule has 1 atom stereocenters. The van der Waals surface area contributed by atoms with Gasteiger partial charge >= 0.3 is 6.18 Å². The van der Waals surface area contributed by atoms with Crippen molar-refractivity contribution in [3.05, 3.63) is 40.4 Å². The van der Waals surface area contributed by atoms with E-state index in [-0.39, 0.29) is 22.6 Å². The van der Waals surface area contributed by atoms with Gasteiger partial charge in [0.05, 0.1) is 16.7 Å². The summed E-state index contributed by atoms with van der Waals surface area (Å²) in [7, 11) is 0. The molecule has 0 spiro atoms. The first-order valence-corrected chi connectivity index (χ1v) is 7.18. The van der Waals surface area contributed by atoms with Crippen LogP contribution in [0.1, 0.15) is 24.0 Å². The standard InChI is InChI=1S/C15H15ClF3NO2/c16-13-5-3-10(8-12(13)15(17,18)19)4-6-14(21)20-9-11-2-1-7-22-11/h3-6,8,11H,1-2,7,9H2,(H,20,21)/b6-4+. The van der Waals surface area contributed by atoms with Gasteiger partial charge in [-0.2, -0.15) is 13.2 Å². The molecular formula is C15H15ClF3NO2. The van der Waals surface area contributed by atoms with E-state index in [1.807, 2.05) is 0 Å². The van der Waals surface area contributed by atoms with Gasteiger partial charge in [-0.05, 0) is 36.6 Å². The van der Waals surface area contributed by atoms with Gasteiger partial charge in [0.15, 0.2) is 0 Å². The lowest BCUT2D eigenvalue weighted by atomic mass is 10.1. The van der Waals surface area contributed by atoms with Crippen molar-refractivity contribution < 1.29 is 22.7 Å². The fourth-order valence-corrected chi connectivity index (χ4v) is 2.34. The summed E-state index contributed by atoms with van der Waals surface area (Å²) in [5, 5.41) is 2.28. The predicted molar refractivity (Wildman–Crippen MR) is 77.5 cm³/mol. The lowest BCUT2D eigenvalue weighted by molar-refractivity contribution is -0.137. The fourth-order valence-electron chi connectivity index (χ4n) is 2.11. The van der Waals surface area contributed by atoms with Crippen LogP contribution < -0.4 is 5.32 Å². The molecular weight excluding hydrogens is 319 g/mol. The van der Waals surface area contributed by atoms with Crippen molar-refractivity contribution >= 4 is 23.6 Å². The number of ether oxygens (including phenoxy) is 1. The highest BCUT2D eigenvalue weighted by atomic mass is 35.5. The van der Waals surface area contributed by atoms with E-state index in [1.165, 1.54) is 18.2 Å². The van der Waals surface area contributed by atoms with Crippen LogP contribution in [0.4, 0.5) is 13.2 Å². The minimum absolute atomic E-state index is 0.0183. The topological polar surface area (TPSA) is 38.3 Å². The van der Waals surface area contributed by atoms with Gasteiger partial charge in [0.25, 0.3) is 0 Å². The Morgan fingerprint density at radius 1 is 1.45 bits per heavy atom. The van der Waals surface area contributed by atoms with Gasteiger partial charge in [-0.1, -0.05) is 17.7 Å². The number of nitrogens with one attached hydrogen (secondary N) is 1. The molecule has 1 aromatic carbocycles. The van der Waals surface area contributed by atoms with E-state index in [4.69, 9.17) is 16.3 Å². The predicted octanol–water partition coefficient (Wildman–Crippen LogP) is 3.67. The highest BCUT2D eigenvalue weighted by molar-refractivity contribution is 6.31. The normalized spacial score (nSPS) is 18.8. The van der Waals surface area contributed by atoms with Crippen LogP contribution in [0.25, 0.3) is 6.08 Å². The van der Waals surface area contributed by atoms with E-state index in [0.29, 0.717) is 13.2 Å². The number of rotatable bonds is 4. The Hall–Kier alpha value is -1.53. The molecule has 120 valence electrons. The summed E-state index contributed by atoms with van der Waals surface area (Å²) in [4.78, 5) is 11.6. The quantitative estimate of drug-likeness (QED) is 0.854. The molecule has 1 N–H and O–H groups in total. The molecule has 1 amide bonds. The van der Waals surface area contributed by atoms with Gasteiger partial charge in [-0.25, -0.2) is 0 Å². The van der Waals surface area contributed by atoms with Crippen LogP contribution in [-0.2, 0) is 15.7 Å².